The van der Waals surface area contributed by atoms with E-state index in [0.717, 1.165) is 49.1 Å². The smallest absolute Gasteiger partial charge is 0.420 e. The highest BCUT2D eigenvalue weighted by Crippen LogP contribution is 2.36. The summed E-state index contributed by atoms with van der Waals surface area (Å²) in [7, 11) is 0. The molecule has 1 fully saturated rings. The van der Waals surface area contributed by atoms with Crippen molar-refractivity contribution >= 4 is 40.7 Å². The summed E-state index contributed by atoms with van der Waals surface area (Å²) in [5.41, 5.74) is -8.07. The number of nitrogens with one attached hydrogen (secondary N) is 1. The van der Waals surface area contributed by atoms with Gasteiger partial charge in [-0.05, 0) is 44.0 Å². The zero-order valence-electron chi connectivity index (χ0n) is 18.2. The maximum atomic E-state index is 14.2. The molecule has 1 heterocycles. The number of alkyl halides is 5. The SMILES string of the molecule is C[C@@](C(=O)NC1CCCCC1)(c1cncnc1)N(C(=O)[C@H](F)Cl)c1ccc(OC(F)(F)Cl)cc1. The molecule has 0 bridgehead atoms. The van der Waals surface area contributed by atoms with Gasteiger partial charge in [-0.3, -0.25) is 14.5 Å². The Morgan fingerprint density at radius 3 is 2.26 bits per heavy atom. The van der Waals surface area contributed by atoms with Crippen molar-refractivity contribution in [3.8, 4) is 5.75 Å². The third-order valence-electron chi connectivity index (χ3n) is 5.69. The summed E-state index contributed by atoms with van der Waals surface area (Å²) in [6.45, 7) is 1.42. The number of halogens is 5. The van der Waals surface area contributed by atoms with Crippen molar-refractivity contribution in [3.05, 3.63) is 48.5 Å². The highest BCUT2D eigenvalue weighted by Gasteiger charge is 2.47. The second-order valence-corrected chi connectivity index (χ2v) is 8.85. The van der Waals surface area contributed by atoms with Gasteiger partial charge < -0.3 is 10.1 Å². The van der Waals surface area contributed by atoms with Gasteiger partial charge in [0.15, 0.2) is 5.54 Å². The van der Waals surface area contributed by atoms with Gasteiger partial charge in [0.05, 0.1) is 0 Å². The van der Waals surface area contributed by atoms with E-state index in [1.54, 1.807) is 0 Å². The molecule has 1 aromatic carbocycles. The van der Waals surface area contributed by atoms with Gasteiger partial charge in [-0.25, -0.2) is 14.4 Å². The van der Waals surface area contributed by atoms with E-state index in [4.69, 9.17) is 23.2 Å². The summed E-state index contributed by atoms with van der Waals surface area (Å²) < 4.78 is 44.4. The topological polar surface area (TPSA) is 84.4 Å². The average Bonchev–Trinajstić information content (AvgIpc) is 2.80. The summed E-state index contributed by atoms with van der Waals surface area (Å²) in [6.07, 6.45) is 8.39. The average molecular weight is 519 g/mol. The fourth-order valence-corrected chi connectivity index (χ4v) is 4.17. The molecule has 1 aromatic heterocycles. The minimum atomic E-state index is -3.95. The number of carbonyl (C=O) groups excluding carboxylic acids is 2. The largest absolute Gasteiger partial charge is 0.487 e. The molecular formula is C22H23Cl2F3N4O3. The number of anilines is 1. The predicted octanol–water partition coefficient (Wildman–Crippen LogP) is 4.88. The summed E-state index contributed by atoms with van der Waals surface area (Å²) in [6, 6.07) is 4.51. The van der Waals surface area contributed by atoms with Crippen LogP contribution in [-0.2, 0) is 15.1 Å². The van der Waals surface area contributed by atoms with E-state index < -0.39 is 28.6 Å². The van der Waals surface area contributed by atoms with Crippen LogP contribution >= 0.6 is 23.2 Å². The molecule has 0 spiro atoms. The summed E-state index contributed by atoms with van der Waals surface area (Å²) >= 11 is 10.3. The van der Waals surface area contributed by atoms with Gasteiger partial charge in [-0.1, -0.05) is 30.9 Å². The lowest BCUT2D eigenvalue weighted by atomic mass is 9.88. The van der Waals surface area contributed by atoms with Crippen molar-refractivity contribution < 1.29 is 27.5 Å². The van der Waals surface area contributed by atoms with Crippen LogP contribution in [0, 0.1) is 0 Å². The Balaban J connectivity index is 2.07. The normalized spacial score (nSPS) is 17.4. The van der Waals surface area contributed by atoms with Gasteiger partial charge in [0, 0.05) is 41.3 Å². The number of amides is 2. The van der Waals surface area contributed by atoms with E-state index >= 15 is 0 Å². The van der Waals surface area contributed by atoms with Crippen LogP contribution in [-0.4, -0.2) is 39.0 Å². The first-order chi connectivity index (χ1) is 16.0. The van der Waals surface area contributed by atoms with E-state index in [2.05, 4.69) is 20.0 Å². The molecule has 2 amide bonds. The molecule has 1 aliphatic rings. The summed E-state index contributed by atoms with van der Waals surface area (Å²) in [4.78, 5) is 35.4. The fourth-order valence-electron chi connectivity index (χ4n) is 3.99. The molecule has 1 saturated carbocycles. The highest BCUT2D eigenvalue weighted by molar-refractivity contribution is 6.32. The number of nitrogens with zero attached hydrogens (tertiary/aromatic N) is 3. The van der Waals surface area contributed by atoms with Gasteiger partial charge >= 0.3 is 5.57 Å². The second-order valence-electron chi connectivity index (χ2n) is 8.02. The van der Waals surface area contributed by atoms with Crippen LogP contribution in [0.15, 0.2) is 43.0 Å². The Labute approximate surface area is 204 Å². The van der Waals surface area contributed by atoms with Crippen molar-refractivity contribution in [1.29, 1.82) is 0 Å². The Morgan fingerprint density at radius 2 is 1.74 bits per heavy atom. The van der Waals surface area contributed by atoms with Crippen LogP contribution < -0.4 is 15.0 Å². The number of hydrogen-bond donors (Lipinski definition) is 1. The van der Waals surface area contributed by atoms with E-state index in [1.807, 2.05) is 0 Å². The zero-order chi connectivity index (χ0) is 24.9. The molecule has 0 aliphatic heterocycles. The van der Waals surface area contributed by atoms with Crippen molar-refractivity contribution in [2.45, 2.75) is 61.8 Å². The highest BCUT2D eigenvalue weighted by atomic mass is 35.5. The fraction of sp³-hybridized carbons (Fsp3) is 0.455. The van der Waals surface area contributed by atoms with Crippen LogP contribution in [0.5, 0.6) is 5.75 Å². The van der Waals surface area contributed by atoms with Crippen molar-refractivity contribution in [1.82, 2.24) is 15.3 Å². The quantitative estimate of drug-likeness (QED) is 0.503. The molecular weight excluding hydrogens is 496 g/mol. The van der Waals surface area contributed by atoms with Crippen molar-refractivity contribution in [2.75, 3.05) is 4.90 Å². The number of carbonyl (C=O) groups is 2. The predicted molar refractivity (Wildman–Crippen MR) is 121 cm³/mol. The van der Waals surface area contributed by atoms with Gasteiger partial charge in [-0.15, -0.1) is 8.78 Å². The van der Waals surface area contributed by atoms with Crippen molar-refractivity contribution in [3.63, 3.8) is 0 Å². The Bertz CT molecular complexity index is 987. The Kier molecular flexibility index (Phi) is 8.25. The molecule has 2 aromatic rings. The first-order valence-corrected chi connectivity index (χ1v) is 11.4. The van der Waals surface area contributed by atoms with Gasteiger partial charge in [0.2, 0.25) is 0 Å². The molecule has 2 atom stereocenters. The van der Waals surface area contributed by atoms with Gasteiger partial charge in [-0.2, -0.15) is 0 Å². The van der Waals surface area contributed by atoms with E-state index in [0.29, 0.717) is 0 Å². The lowest BCUT2D eigenvalue weighted by Gasteiger charge is -2.41. The number of hydrogen-bond acceptors (Lipinski definition) is 5. The lowest BCUT2D eigenvalue weighted by molar-refractivity contribution is -0.131. The minimum Gasteiger partial charge on any atom is -0.420 e. The maximum absolute atomic E-state index is 14.2. The standard InChI is InChI=1S/C22H23Cl2F3N4O3/c1-21(14-11-28-13-29-12-14,20(33)30-15-5-3-2-4-6-15)31(19(32)18(23)25)16-7-9-17(10-8-16)34-22(24,26)27/h7-13,15,18H,2-6H2,1H3,(H,30,33)/t18-,21-/m0/s1. The summed E-state index contributed by atoms with van der Waals surface area (Å²) in [5, 5.41) is 2.95. The Morgan fingerprint density at radius 1 is 1.15 bits per heavy atom. The van der Waals surface area contributed by atoms with E-state index in [9.17, 15) is 22.8 Å². The molecule has 12 heteroatoms. The third kappa shape index (κ3) is 6.09. The molecule has 0 saturated heterocycles. The molecule has 1 aliphatic carbocycles. The van der Waals surface area contributed by atoms with Crippen LogP contribution in [0.1, 0.15) is 44.6 Å². The Hall–Kier alpha value is -2.59. The summed E-state index contributed by atoms with van der Waals surface area (Å²) in [5.74, 6) is -2.13. The number of benzene rings is 1. The first-order valence-electron chi connectivity index (χ1n) is 10.6. The molecule has 0 unspecified atom stereocenters. The number of ether oxygens (including phenoxy) is 1. The van der Waals surface area contributed by atoms with Crippen LogP contribution in [0.2, 0.25) is 0 Å². The van der Waals surface area contributed by atoms with Crippen LogP contribution in [0.25, 0.3) is 0 Å². The van der Waals surface area contributed by atoms with Gasteiger partial charge in [0.1, 0.15) is 12.1 Å². The molecule has 7 nitrogen and oxygen atoms in total. The van der Waals surface area contributed by atoms with Crippen LogP contribution in [0.4, 0.5) is 18.9 Å². The second kappa shape index (κ2) is 10.8. The lowest BCUT2D eigenvalue weighted by Crippen LogP contribution is -2.60. The molecule has 1 N–H and O–H groups in total. The monoisotopic (exact) mass is 518 g/mol. The van der Waals surface area contributed by atoms with Gasteiger partial charge in [0.25, 0.3) is 17.4 Å². The maximum Gasteiger partial charge on any atom is 0.487 e. The number of rotatable bonds is 8. The third-order valence-corrected chi connectivity index (χ3v) is 5.95. The molecule has 3 rings (SSSR count). The number of aromatic nitrogens is 2. The minimum absolute atomic E-state index is 0.00341. The van der Waals surface area contributed by atoms with Crippen LogP contribution in [0.3, 0.4) is 0 Å². The van der Waals surface area contributed by atoms with E-state index in [1.165, 1.54) is 37.8 Å². The zero-order valence-corrected chi connectivity index (χ0v) is 19.7. The first kappa shape index (κ1) is 26.0. The van der Waals surface area contributed by atoms with E-state index in [-0.39, 0.29) is 23.0 Å². The molecule has 184 valence electrons. The van der Waals surface area contributed by atoms with Crippen molar-refractivity contribution in [2.24, 2.45) is 0 Å². The molecule has 0 radical (unpaired) electrons. The molecule has 34 heavy (non-hydrogen) atoms.